The third kappa shape index (κ3) is 2.04. The minimum atomic E-state index is -0.507. The molecule has 23 heavy (non-hydrogen) atoms. The predicted molar refractivity (Wildman–Crippen MR) is 88.4 cm³/mol. The van der Waals surface area contributed by atoms with E-state index in [2.05, 4.69) is 0 Å². The molecule has 0 radical (unpaired) electrons. The van der Waals surface area contributed by atoms with Crippen LogP contribution in [0.3, 0.4) is 0 Å². The Balaban J connectivity index is 2.49. The standard InChI is InChI=1S/C18H18FNO3/c1-8-9(2)15(21)14-16(10(8)3)23-18(17(14)22-4)13-11(19)6-5-7-12(13)20/h5-7,21H,20H2,1-4H3. The Morgan fingerprint density at radius 1 is 1.13 bits per heavy atom. The number of phenols is 1. The lowest BCUT2D eigenvalue weighted by atomic mass is 9.99. The second-order valence-corrected chi connectivity index (χ2v) is 5.60. The number of phenolic OH excluding ortho intramolecular Hbond substituents is 1. The Bertz CT molecular complexity index is 908. The predicted octanol–water partition coefficient (Wildman–Crippen LogP) is 4.46. The smallest absolute Gasteiger partial charge is 0.182 e. The van der Waals surface area contributed by atoms with Gasteiger partial charge in [0.2, 0.25) is 0 Å². The van der Waals surface area contributed by atoms with E-state index in [1.54, 1.807) is 6.07 Å². The fourth-order valence-electron chi connectivity index (χ4n) is 2.85. The van der Waals surface area contributed by atoms with Gasteiger partial charge in [0.15, 0.2) is 11.5 Å². The number of nitrogen functional groups attached to an aromatic ring is 1. The lowest BCUT2D eigenvalue weighted by Crippen LogP contribution is -1.94. The first kappa shape index (κ1) is 15.2. The van der Waals surface area contributed by atoms with Crippen LogP contribution in [0.1, 0.15) is 16.7 Å². The summed E-state index contributed by atoms with van der Waals surface area (Å²) < 4.78 is 25.6. The van der Waals surface area contributed by atoms with Gasteiger partial charge in [-0.3, -0.25) is 0 Å². The Morgan fingerprint density at radius 2 is 1.83 bits per heavy atom. The Kier molecular flexibility index (Phi) is 3.43. The average molecular weight is 315 g/mol. The van der Waals surface area contributed by atoms with Crippen molar-refractivity contribution in [3.63, 3.8) is 0 Å². The first-order valence-electron chi connectivity index (χ1n) is 7.22. The van der Waals surface area contributed by atoms with Crippen molar-refractivity contribution < 1.29 is 18.7 Å². The number of furan rings is 1. The number of ether oxygens (including phenoxy) is 1. The van der Waals surface area contributed by atoms with Crippen molar-refractivity contribution in [3.05, 3.63) is 40.7 Å². The summed E-state index contributed by atoms with van der Waals surface area (Å²) in [6.45, 7) is 5.61. The van der Waals surface area contributed by atoms with E-state index in [4.69, 9.17) is 14.9 Å². The van der Waals surface area contributed by atoms with Crippen LogP contribution in [0, 0.1) is 26.6 Å². The number of halogens is 1. The molecule has 120 valence electrons. The maximum Gasteiger partial charge on any atom is 0.182 e. The van der Waals surface area contributed by atoms with Gasteiger partial charge in [-0.15, -0.1) is 0 Å². The van der Waals surface area contributed by atoms with Crippen molar-refractivity contribution in [3.8, 4) is 22.8 Å². The molecule has 1 aromatic heterocycles. The van der Waals surface area contributed by atoms with Gasteiger partial charge < -0.3 is 20.0 Å². The third-order valence-electron chi connectivity index (χ3n) is 4.40. The topological polar surface area (TPSA) is 68.6 Å². The largest absolute Gasteiger partial charge is 0.507 e. The highest BCUT2D eigenvalue weighted by atomic mass is 19.1. The molecule has 0 aliphatic carbocycles. The van der Waals surface area contributed by atoms with Crippen LogP contribution >= 0.6 is 0 Å². The van der Waals surface area contributed by atoms with Gasteiger partial charge in [0, 0.05) is 5.69 Å². The molecule has 0 fully saturated rings. The molecule has 1 heterocycles. The summed E-state index contributed by atoms with van der Waals surface area (Å²) >= 11 is 0. The molecule has 2 aromatic carbocycles. The summed E-state index contributed by atoms with van der Waals surface area (Å²) in [4.78, 5) is 0. The van der Waals surface area contributed by atoms with Gasteiger partial charge in [0.1, 0.15) is 22.5 Å². The molecule has 3 aromatic rings. The van der Waals surface area contributed by atoms with Gasteiger partial charge in [0.05, 0.1) is 12.7 Å². The maximum absolute atomic E-state index is 14.3. The van der Waals surface area contributed by atoms with Crippen LogP contribution in [-0.4, -0.2) is 12.2 Å². The number of aryl methyl sites for hydroxylation is 1. The van der Waals surface area contributed by atoms with Gasteiger partial charge in [-0.2, -0.15) is 0 Å². The first-order valence-corrected chi connectivity index (χ1v) is 7.22. The number of fused-ring (bicyclic) bond motifs is 1. The maximum atomic E-state index is 14.3. The van der Waals surface area contributed by atoms with Crippen LogP contribution in [-0.2, 0) is 0 Å². The summed E-state index contributed by atoms with van der Waals surface area (Å²) in [5.41, 5.74) is 9.29. The van der Waals surface area contributed by atoms with Crippen molar-refractivity contribution in [2.24, 2.45) is 0 Å². The van der Waals surface area contributed by atoms with Crippen LogP contribution in [0.25, 0.3) is 22.3 Å². The van der Waals surface area contributed by atoms with Crippen LogP contribution in [0.5, 0.6) is 11.5 Å². The highest BCUT2D eigenvalue weighted by molar-refractivity contribution is 6.00. The van der Waals surface area contributed by atoms with E-state index in [9.17, 15) is 9.50 Å². The van der Waals surface area contributed by atoms with Crippen LogP contribution < -0.4 is 10.5 Å². The van der Waals surface area contributed by atoms with Gasteiger partial charge in [-0.25, -0.2) is 4.39 Å². The van der Waals surface area contributed by atoms with E-state index in [0.29, 0.717) is 11.0 Å². The Morgan fingerprint density at radius 3 is 2.43 bits per heavy atom. The summed E-state index contributed by atoms with van der Waals surface area (Å²) in [5, 5.41) is 10.9. The molecular weight excluding hydrogens is 297 g/mol. The Hall–Kier alpha value is -2.69. The molecule has 0 aliphatic rings. The van der Waals surface area contributed by atoms with E-state index in [-0.39, 0.29) is 28.5 Å². The zero-order valence-electron chi connectivity index (χ0n) is 13.5. The molecule has 0 spiro atoms. The minimum absolute atomic E-state index is 0.0739. The second-order valence-electron chi connectivity index (χ2n) is 5.60. The molecule has 4 nitrogen and oxygen atoms in total. The number of anilines is 1. The number of benzene rings is 2. The number of hydrogen-bond donors (Lipinski definition) is 2. The monoisotopic (exact) mass is 315 g/mol. The van der Waals surface area contributed by atoms with Crippen LogP contribution in [0.4, 0.5) is 10.1 Å². The summed E-state index contributed by atoms with van der Waals surface area (Å²) in [6.07, 6.45) is 0. The molecule has 0 saturated heterocycles. The van der Waals surface area contributed by atoms with E-state index < -0.39 is 5.82 Å². The molecule has 0 amide bonds. The highest BCUT2D eigenvalue weighted by Gasteiger charge is 2.26. The van der Waals surface area contributed by atoms with Crippen molar-refractivity contribution in [1.29, 1.82) is 0 Å². The fraction of sp³-hybridized carbons (Fsp3) is 0.222. The molecule has 5 heteroatoms. The number of hydrogen-bond acceptors (Lipinski definition) is 4. The van der Waals surface area contributed by atoms with Gasteiger partial charge >= 0.3 is 0 Å². The molecule has 3 rings (SSSR count). The number of nitrogens with two attached hydrogens (primary N) is 1. The van der Waals surface area contributed by atoms with Crippen molar-refractivity contribution in [1.82, 2.24) is 0 Å². The molecular formula is C18H18FNO3. The fourth-order valence-corrected chi connectivity index (χ4v) is 2.85. The SMILES string of the molecule is COc1c(-c2c(N)cccc2F)oc2c(C)c(C)c(C)c(O)c12. The zero-order chi connectivity index (χ0) is 16.9. The summed E-state index contributed by atoms with van der Waals surface area (Å²) in [6, 6.07) is 4.43. The van der Waals surface area contributed by atoms with Crippen LogP contribution in [0.15, 0.2) is 22.6 Å². The van der Waals surface area contributed by atoms with E-state index in [1.807, 2.05) is 20.8 Å². The van der Waals surface area contributed by atoms with Gasteiger partial charge in [0.25, 0.3) is 0 Å². The molecule has 0 aliphatic heterocycles. The average Bonchev–Trinajstić information content (AvgIpc) is 2.90. The lowest BCUT2D eigenvalue weighted by molar-refractivity contribution is 0.410. The molecule has 0 bridgehead atoms. The van der Waals surface area contributed by atoms with Crippen LogP contribution in [0.2, 0.25) is 0 Å². The highest BCUT2D eigenvalue weighted by Crippen LogP contribution is 2.48. The van der Waals surface area contributed by atoms with E-state index >= 15 is 0 Å². The van der Waals surface area contributed by atoms with Gasteiger partial charge in [-0.05, 0) is 49.6 Å². The Labute approximate surface area is 133 Å². The molecule has 0 atom stereocenters. The normalized spacial score (nSPS) is 11.2. The summed E-state index contributed by atoms with van der Waals surface area (Å²) in [7, 11) is 1.45. The lowest BCUT2D eigenvalue weighted by Gasteiger charge is -2.09. The third-order valence-corrected chi connectivity index (χ3v) is 4.40. The van der Waals surface area contributed by atoms with E-state index in [0.717, 1.165) is 16.7 Å². The van der Waals surface area contributed by atoms with Crippen molar-refractivity contribution in [2.45, 2.75) is 20.8 Å². The zero-order valence-corrected chi connectivity index (χ0v) is 13.5. The number of aromatic hydroxyl groups is 1. The minimum Gasteiger partial charge on any atom is -0.507 e. The van der Waals surface area contributed by atoms with Crippen molar-refractivity contribution in [2.75, 3.05) is 12.8 Å². The molecule has 3 N–H and O–H groups in total. The summed E-state index contributed by atoms with van der Waals surface area (Å²) in [5.74, 6) is 0.0276. The second kappa shape index (κ2) is 5.19. The number of rotatable bonds is 2. The first-order chi connectivity index (χ1) is 10.9. The number of methoxy groups -OCH3 is 1. The van der Waals surface area contributed by atoms with Gasteiger partial charge in [-0.1, -0.05) is 6.07 Å². The quantitative estimate of drug-likeness (QED) is 0.685. The van der Waals surface area contributed by atoms with Crippen molar-refractivity contribution >= 4 is 16.7 Å². The molecule has 0 unspecified atom stereocenters. The molecule has 0 saturated carbocycles. The van der Waals surface area contributed by atoms with E-state index in [1.165, 1.54) is 19.2 Å².